The zero-order valence-corrected chi connectivity index (χ0v) is 8.11. The van der Waals surface area contributed by atoms with Gasteiger partial charge in [0.15, 0.2) is 5.58 Å². The number of carbonyl (C=O) groups excluding carboxylic acids is 1. The third kappa shape index (κ3) is 2.10. The zero-order chi connectivity index (χ0) is 10.1. The quantitative estimate of drug-likeness (QED) is 0.737. The molecule has 90 valence electrons. The number of furan rings is 1. The van der Waals surface area contributed by atoms with Gasteiger partial charge in [0.05, 0.1) is 18.4 Å². The normalized spacial score (nSPS) is 9.38. The molecule has 2 aromatic heterocycles. The number of hydrogen-bond acceptors (Lipinski definition) is 3. The van der Waals surface area contributed by atoms with E-state index in [2.05, 4.69) is 0 Å². The SMILES string of the molecule is C.C.CCOC(=O)c1cc2occc2n1C. The maximum Gasteiger partial charge on any atom is 0.355 e. The minimum Gasteiger partial charge on any atom is -0.463 e. The van der Waals surface area contributed by atoms with Gasteiger partial charge in [0, 0.05) is 19.2 Å². The van der Waals surface area contributed by atoms with Crippen molar-refractivity contribution < 1.29 is 13.9 Å². The van der Waals surface area contributed by atoms with Gasteiger partial charge in [-0.1, -0.05) is 14.9 Å². The van der Waals surface area contributed by atoms with Crippen LogP contribution in [0.2, 0.25) is 0 Å². The number of hydrogen-bond donors (Lipinski definition) is 0. The summed E-state index contributed by atoms with van der Waals surface area (Å²) in [6.07, 6.45) is 1.60. The van der Waals surface area contributed by atoms with Crippen LogP contribution in [0.15, 0.2) is 22.8 Å². The van der Waals surface area contributed by atoms with Crippen molar-refractivity contribution in [1.82, 2.24) is 4.57 Å². The molecular weight excluding hydrogens is 206 g/mol. The Labute approximate surface area is 95.8 Å². The van der Waals surface area contributed by atoms with E-state index in [0.29, 0.717) is 17.9 Å². The topological polar surface area (TPSA) is 44.4 Å². The third-order valence-electron chi connectivity index (χ3n) is 2.15. The van der Waals surface area contributed by atoms with Gasteiger partial charge in [-0.25, -0.2) is 4.79 Å². The summed E-state index contributed by atoms with van der Waals surface area (Å²) < 4.78 is 11.8. The first-order valence-electron chi connectivity index (χ1n) is 4.44. The lowest BCUT2D eigenvalue weighted by Gasteiger charge is -2.02. The Balaban J connectivity index is 0.00000112. The maximum absolute atomic E-state index is 11.4. The largest absolute Gasteiger partial charge is 0.463 e. The van der Waals surface area contributed by atoms with Crippen molar-refractivity contribution in [2.75, 3.05) is 6.61 Å². The van der Waals surface area contributed by atoms with E-state index in [1.54, 1.807) is 23.8 Å². The van der Waals surface area contributed by atoms with E-state index >= 15 is 0 Å². The number of fused-ring (bicyclic) bond motifs is 1. The molecule has 0 radical (unpaired) electrons. The molecule has 0 aliphatic carbocycles. The Bertz CT molecular complexity index is 468. The predicted molar refractivity (Wildman–Crippen MR) is 64.6 cm³/mol. The van der Waals surface area contributed by atoms with Crippen molar-refractivity contribution in [1.29, 1.82) is 0 Å². The van der Waals surface area contributed by atoms with E-state index in [1.807, 2.05) is 13.1 Å². The Morgan fingerprint density at radius 3 is 2.75 bits per heavy atom. The summed E-state index contributed by atoms with van der Waals surface area (Å²) in [6, 6.07) is 3.51. The highest BCUT2D eigenvalue weighted by molar-refractivity contribution is 5.93. The number of aryl methyl sites for hydroxylation is 1. The van der Waals surface area contributed by atoms with Crippen LogP contribution in [-0.4, -0.2) is 17.1 Å². The standard InChI is InChI=1S/C10H11NO3.2CH4/c1-3-13-10(12)8-6-9-7(11(8)2)4-5-14-9;;/h4-6H,3H2,1-2H3;2*1H4. The van der Waals surface area contributed by atoms with Crippen LogP contribution in [-0.2, 0) is 11.8 Å². The molecule has 0 bridgehead atoms. The van der Waals surface area contributed by atoms with Gasteiger partial charge in [-0.2, -0.15) is 0 Å². The van der Waals surface area contributed by atoms with Gasteiger partial charge in [-0.15, -0.1) is 0 Å². The van der Waals surface area contributed by atoms with Crippen LogP contribution >= 0.6 is 0 Å². The van der Waals surface area contributed by atoms with Crippen LogP contribution in [0, 0.1) is 0 Å². The Morgan fingerprint density at radius 1 is 1.50 bits per heavy atom. The van der Waals surface area contributed by atoms with Crippen molar-refractivity contribution in [2.24, 2.45) is 7.05 Å². The molecule has 0 atom stereocenters. The van der Waals surface area contributed by atoms with E-state index in [1.165, 1.54) is 0 Å². The van der Waals surface area contributed by atoms with Crippen LogP contribution in [0.5, 0.6) is 0 Å². The predicted octanol–water partition coefficient (Wildman–Crippen LogP) is 3.22. The van der Waals surface area contributed by atoms with Crippen molar-refractivity contribution in [3.8, 4) is 0 Å². The number of carbonyl (C=O) groups is 1. The number of esters is 1. The molecule has 16 heavy (non-hydrogen) atoms. The van der Waals surface area contributed by atoms with Crippen molar-refractivity contribution >= 4 is 17.1 Å². The second-order valence-electron chi connectivity index (χ2n) is 2.98. The highest BCUT2D eigenvalue weighted by Gasteiger charge is 2.15. The third-order valence-corrected chi connectivity index (χ3v) is 2.15. The van der Waals surface area contributed by atoms with Gasteiger partial charge in [0.2, 0.25) is 0 Å². The lowest BCUT2D eigenvalue weighted by atomic mass is 10.4. The summed E-state index contributed by atoms with van der Waals surface area (Å²) >= 11 is 0. The molecule has 0 aromatic carbocycles. The van der Waals surface area contributed by atoms with Crippen LogP contribution in [0.3, 0.4) is 0 Å². The van der Waals surface area contributed by atoms with E-state index < -0.39 is 0 Å². The summed E-state index contributed by atoms with van der Waals surface area (Å²) in [6.45, 7) is 2.16. The fraction of sp³-hybridized carbons (Fsp3) is 0.417. The average molecular weight is 225 g/mol. The first-order chi connectivity index (χ1) is 6.74. The lowest BCUT2D eigenvalue weighted by Crippen LogP contribution is -2.09. The summed E-state index contributed by atoms with van der Waals surface area (Å²) in [4.78, 5) is 11.4. The fourth-order valence-corrected chi connectivity index (χ4v) is 1.45. The van der Waals surface area contributed by atoms with E-state index in [0.717, 1.165) is 5.52 Å². The summed E-state index contributed by atoms with van der Waals surface area (Å²) in [5.41, 5.74) is 2.12. The number of rotatable bonds is 2. The minimum atomic E-state index is -0.318. The van der Waals surface area contributed by atoms with Gasteiger partial charge < -0.3 is 13.7 Å². The molecule has 0 fully saturated rings. The fourth-order valence-electron chi connectivity index (χ4n) is 1.45. The van der Waals surface area contributed by atoms with E-state index in [9.17, 15) is 4.79 Å². The number of aromatic nitrogens is 1. The summed E-state index contributed by atoms with van der Waals surface area (Å²) in [7, 11) is 1.81. The molecule has 4 nitrogen and oxygen atoms in total. The van der Waals surface area contributed by atoms with Crippen LogP contribution < -0.4 is 0 Å². The second-order valence-corrected chi connectivity index (χ2v) is 2.98. The van der Waals surface area contributed by atoms with Crippen LogP contribution in [0.25, 0.3) is 11.1 Å². The monoisotopic (exact) mass is 225 g/mol. The molecular formula is C12H19NO3. The molecule has 2 rings (SSSR count). The van der Waals surface area contributed by atoms with Crippen LogP contribution in [0.4, 0.5) is 0 Å². The van der Waals surface area contributed by atoms with Crippen molar-refractivity contribution in [3.63, 3.8) is 0 Å². The number of nitrogens with zero attached hydrogens (tertiary/aromatic N) is 1. The molecule has 0 N–H and O–H groups in total. The van der Waals surface area contributed by atoms with Gasteiger partial charge in [-0.3, -0.25) is 0 Å². The summed E-state index contributed by atoms with van der Waals surface area (Å²) in [5, 5.41) is 0. The zero-order valence-electron chi connectivity index (χ0n) is 8.11. The Kier molecular flexibility index (Phi) is 4.82. The summed E-state index contributed by atoms with van der Waals surface area (Å²) in [5.74, 6) is -0.318. The lowest BCUT2D eigenvalue weighted by molar-refractivity contribution is 0.0516. The van der Waals surface area contributed by atoms with Gasteiger partial charge in [0.1, 0.15) is 5.69 Å². The van der Waals surface area contributed by atoms with Crippen molar-refractivity contribution in [3.05, 3.63) is 24.1 Å². The smallest absolute Gasteiger partial charge is 0.355 e. The Hall–Kier alpha value is -1.71. The average Bonchev–Trinajstić information content (AvgIpc) is 2.69. The molecule has 0 amide bonds. The number of ether oxygens (including phenoxy) is 1. The molecule has 0 saturated carbocycles. The second kappa shape index (κ2) is 5.39. The Morgan fingerprint density at radius 2 is 2.19 bits per heavy atom. The minimum absolute atomic E-state index is 0. The van der Waals surface area contributed by atoms with Gasteiger partial charge in [-0.05, 0) is 6.92 Å². The first kappa shape index (κ1) is 14.3. The molecule has 0 aliphatic heterocycles. The van der Waals surface area contributed by atoms with Gasteiger partial charge in [0.25, 0.3) is 0 Å². The molecule has 2 heterocycles. The molecule has 0 aliphatic rings. The molecule has 4 heteroatoms. The molecule has 0 saturated heterocycles. The molecule has 2 aromatic rings. The highest BCUT2D eigenvalue weighted by atomic mass is 16.5. The molecule has 0 spiro atoms. The van der Waals surface area contributed by atoms with Gasteiger partial charge >= 0.3 is 5.97 Å². The first-order valence-corrected chi connectivity index (χ1v) is 4.44. The van der Waals surface area contributed by atoms with Crippen molar-refractivity contribution in [2.45, 2.75) is 21.8 Å². The van der Waals surface area contributed by atoms with E-state index in [-0.39, 0.29) is 20.8 Å². The highest BCUT2D eigenvalue weighted by Crippen LogP contribution is 2.19. The maximum atomic E-state index is 11.4. The van der Waals surface area contributed by atoms with E-state index in [4.69, 9.17) is 9.15 Å². The van der Waals surface area contributed by atoms with Crippen LogP contribution in [0.1, 0.15) is 32.3 Å². The molecule has 0 unspecified atom stereocenters.